The number of guanidine groups is 1. The summed E-state index contributed by atoms with van der Waals surface area (Å²) in [5.41, 5.74) is 1.08. The summed E-state index contributed by atoms with van der Waals surface area (Å²) in [5.74, 6) is 2.41. The normalized spacial score (nSPS) is 18.4. The number of methoxy groups -OCH3 is 1. The quantitative estimate of drug-likeness (QED) is 0.345. The number of hydrogen-bond acceptors (Lipinski definition) is 5. The molecule has 168 valence electrons. The number of ether oxygens (including phenoxy) is 4. The fraction of sp³-hybridized carbons (Fsp3) is 0.696. The zero-order valence-corrected chi connectivity index (χ0v) is 18.5. The topological polar surface area (TPSA) is 73.3 Å². The van der Waals surface area contributed by atoms with Gasteiger partial charge in [-0.15, -0.1) is 0 Å². The van der Waals surface area contributed by atoms with E-state index in [1.807, 2.05) is 12.1 Å². The zero-order chi connectivity index (χ0) is 21.0. The SMILES string of the molecule is CN=C(NCCCOC1CCOCC1)NCc1cccc(OC)c1OC1CCCC1. The Morgan fingerprint density at radius 2 is 1.90 bits per heavy atom. The van der Waals surface area contributed by atoms with E-state index < -0.39 is 0 Å². The molecule has 1 saturated heterocycles. The second-order valence-electron chi connectivity index (χ2n) is 7.86. The maximum absolute atomic E-state index is 6.31. The summed E-state index contributed by atoms with van der Waals surface area (Å²) in [4.78, 5) is 4.33. The van der Waals surface area contributed by atoms with Crippen LogP contribution in [0.5, 0.6) is 11.5 Å². The molecule has 7 heteroatoms. The predicted octanol–water partition coefficient (Wildman–Crippen LogP) is 3.27. The van der Waals surface area contributed by atoms with E-state index in [1.54, 1.807) is 14.2 Å². The maximum atomic E-state index is 6.31. The van der Waals surface area contributed by atoms with Crippen LogP contribution in [0.1, 0.15) is 50.5 Å². The van der Waals surface area contributed by atoms with Crippen LogP contribution in [0.4, 0.5) is 0 Å². The van der Waals surface area contributed by atoms with Crippen molar-refractivity contribution in [3.8, 4) is 11.5 Å². The average molecular weight is 420 g/mol. The third-order valence-corrected chi connectivity index (χ3v) is 5.67. The Morgan fingerprint density at radius 3 is 2.63 bits per heavy atom. The fourth-order valence-corrected chi connectivity index (χ4v) is 3.94. The third kappa shape index (κ3) is 7.06. The lowest BCUT2D eigenvalue weighted by molar-refractivity contribution is -0.0320. The van der Waals surface area contributed by atoms with Crippen molar-refractivity contribution < 1.29 is 18.9 Å². The van der Waals surface area contributed by atoms with E-state index in [4.69, 9.17) is 18.9 Å². The highest BCUT2D eigenvalue weighted by Gasteiger charge is 2.20. The van der Waals surface area contributed by atoms with Gasteiger partial charge < -0.3 is 29.6 Å². The van der Waals surface area contributed by atoms with Crippen LogP contribution >= 0.6 is 0 Å². The van der Waals surface area contributed by atoms with Gasteiger partial charge in [0.2, 0.25) is 0 Å². The summed E-state index contributed by atoms with van der Waals surface area (Å²) in [7, 11) is 3.48. The van der Waals surface area contributed by atoms with Gasteiger partial charge in [-0.25, -0.2) is 0 Å². The highest BCUT2D eigenvalue weighted by atomic mass is 16.5. The van der Waals surface area contributed by atoms with Crippen LogP contribution in [0.25, 0.3) is 0 Å². The first-order valence-electron chi connectivity index (χ1n) is 11.3. The van der Waals surface area contributed by atoms with Gasteiger partial charge >= 0.3 is 0 Å². The number of benzene rings is 1. The van der Waals surface area contributed by atoms with Crippen LogP contribution in [0.15, 0.2) is 23.2 Å². The third-order valence-electron chi connectivity index (χ3n) is 5.67. The highest BCUT2D eigenvalue weighted by Crippen LogP contribution is 2.34. The van der Waals surface area contributed by atoms with Crippen LogP contribution < -0.4 is 20.1 Å². The fourth-order valence-electron chi connectivity index (χ4n) is 3.94. The van der Waals surface area contributed by atoms with Crippen LogP contribution in [-0.2, 0) is 16.0 Å². The number of aliphatic imine (C=N–C) groups is 1. The van der Waals surface area contributed by atoms with E-state index in [1.165, 1.54) is 12.8 Å². The van der Waals surface area contributed by atoms with Crippen molar-refractivity contribution in [2.24, 2.45) is 4.99 Å². The van der Waals surface area contributed by atoms with Crippen molar-refractivity contribution in [1.82, 2.24) is 10.6 Å². The molecule has 2 N–H and O–H groups in total. The molecule has 0 unspecified atom stereocenters. The zero-order valence-electron chi connectivity index (χ0n) is 18.5. The molecule has 1 aromatic carbocycles. The molecule has 1 heterocycles. The van der Waals surface area contributed by atoms with E-state index in [0.29, 0.717) is 12.6 Å². The van der Waals surface area contributed by atoms with Gasteiger partial charge in [0.1, 0.15) is 0 Å². The molecule has 2 fully saturated rings. The monoisotopic (exact) mass is 419 g/mol. The Bertz CT molecular complexity index is 656. The van der Waals surface area contributed by atoms with Crippen molar-refractivity contribution in [1.29, 1.82) is 0 Å². The maximum Gasteiger partial charge on any atom is 0.191 e. The second-order valence-corrected chi connectivity index (χ2v) is 7.86. The van der Waals surface area contributed by atoms with Gasteiger partial charge in [-0.1, -0.05) is 12.1 Å². The molecular formula is C23H37N3O4. The Morgan fingerprint density at radius 1 is 1.10 bits per heavy atom. The Labute approximate surface area is 180 Å². The van der Waals surface area contributed by atoms with Gasteiger partial charge in [-0.2, -0.15) is 0 Å². The number of nitrogens with one attached hydrogen (secondary N) is 2. The Hall–Kier alpha value is -1.99. The molecule has 0 atom stereocenters. The molecule has 0 bridgehead atoms. The van der Waals surface area contributed by atoms with Crippen molar-refractivity contribution >= 4 is 5.96 Å². The molecule has 30 heavy (non-hydrogen) atoms. The molecule has 0 amide bonds. The number of nitrogens with zero attached hydrogens (tertiary/aromatic N) is 1. The van der Waals surface area contributed by atoms with Crippen molar-refractivity contribution in [3.05, 3.63) is 23.8 Å². The second kappa shape index (κ2) is 12.6. The summed E-state index contributed by atoms with van der Waals surface area (Å²) in [5, 5.41) is 6.75. The number of para-hydroxylation sites is 1. The molecule has 1 aromatic rings. The van der Waals surface area contributed by atoms with E-state index in [2.05, 4.69) is 21.7 Å². The molecule has 1 saturated carbocycles. The molecule has 0 radical (unpaired) electrons. The van der Waals surface area contributed by atoms with Gasteiger partial charge in [0.15, 0.2) is 17.5 Å². The summed E-state index contributed by atoms with van der Waals surface area (Å²) < 4.78 is 23.1. The molecule has 0 aromatic heterocycles. The van der Waals surface area contributed by atoms with Crippen LogP contribution in [0, 0.1) is 0 Å². The minimum atomic E-state index is 0.285. The lowest BCUT2D eigenvalue weighted by Gasteiger charge is -2.22. The summed E-state index contributed by atoms with van der Waals surface area (Å²) in [6.45, 7) is 3.82. The molecule has 3 rings (SSSR count). The number of hydrogen-bond donors (Lipinski definition) is 2. The van der Waals surface area contributed by atoms with Crippen molar-refractivity contribution in [2.45, 2.75) is 63.7 Å². The number of rotatable bonds is 10. The van der Waals surface area contributed by atoms with Gasteiger partial charge in [0.25, 0.3) is 0 Å². The average Bonchev–Trinajstić information content (AvgIpc) is 3.30. The molecular weight excluding hydrogens is 382 g/mol. The summed E-state index contributed by atoms with van der Waals surface area (Å²) in [6.07, 6.45) is 8.28. The molecule has 1 aliphatic carbocycles. The van der Waals surface area contributed by atoms with E-state index in [0.717, 1.165) is 81.5 Å². The molecule has 7 nitrogen and oxygen atoms in total. The van der Waals surface area contributed by atoms with Crippen LogP contribution in [0.3, 0.4) is 0 Å². The van der Waals surface area contributed by atoms with Gasteiger partial charge in [-0.05, 0) is 51.0 Å². The van der Waals surface area contributed by atoms with E-state index in [9.17, 15) is 0 Å². The van der Waals surface area contributed by atoms with E-state index in [-0.39, 0.29) is 6.10 Å². The Balaban J connectivity index is 1.43. The lowest BCUT2D eigenvalue weighted by Crippen LogP contribution is -2.37. The minimum Gasteiger partial charge on any atom is -0.493 e. The minimum absolute atomic E-state index is 0.285. The molecule has 2 aliphatic rings. The smallest absolute Gasteiger partial charge is 0.191 e. The first-order valence-corrected chi connectivity index (χ1v) is 11.3. The van der Waals surface area contributed by atoms with Crippen molar-refractivity contribution in [2.75, 3.05) is 40.5 Å². The van der Waals surface area contributed by atoms with Crippen molar-refractivity contribution in [3.63, 3.8) is 0 Å². The largest absolute Gasteiger partial charge is 0.493 e. The summed E-state index contributed by atoms with van der Waals surface area (Å²) >= 11 is 0. The van der Waals surface area contributed by atoms with Gasteiger partial charge in [0, 0.05) is 45.5 Å². The standard InChI is InChI=1S/C23H37N3O4/c1-24-23(25-13-6-14-29-19-11-15-28-16-12-19)26-17-18-7-5-10-21(27-2)22(18)30-20-8-3-4-9-20/h5,7,10,19-20H,3-4,6,8-9,11-17H2,1-2H3,(H2,24,25,26). The first-order chi connectivity index (χ1) is 14.8. The Kier molecular flexibility index (Phi) is 9.57. The summed E-state index contributed by atoms with van der Waals surface area (Å²) in [6, 6.07) is 6.04. The van der Waals surface area contributed by atoms with E-state index >= 15 is 0 Å². The first kappa shape index (κ1) is 22.7. The predicted molar refractivity (Wildman–Crippen MR) is 118 cm³/mol. The molecule has 0 spiro atoms. The van der Waals surface area contributed by atoms with Gasteiger partial charge in [0.05, 0.1) is 19.3 Å². The van der Waals surface area contributed by atoms with Crippen LogP contribution in [0.2, 0.25) is 0 Å². The van der Waals surface area contributed by atoms with Crippen LogP contribution in [-0.4, -0.2) is 58.7 Å². The highest BCUT2D eigenvalue weighted by molar-refractivity contribution is 5.79. The lowest BCUT2D eigenvalue weighted by atomic mass is 10.1. The molecule has 1 aliphatic heterocycles. The van der Waals surface area contributed by atoms with Gasteiger partial charge in [-0.3, -0.25) is 4.99 Å².